The fourth-order valence-corrected chi connectivity index (χ4v) is 3.98. The monoisotopic (exact) mass is 432 g/mol. The van der Waals surface area contributed by atoms with Crippen molar-refractivity contribution in [3.05, 3.63) is 30.4 Å². The van der Waals surface area contributed by atoms with Gasteiger partial charge in [-0.25, -0.2) is 9.97 Å². The van der Waals surface area contributed by atoms with Crippen LogP contribution in [0.5, 0.6) is 5.75 Å². The number of thiazole rings is 1. The van der Waals surface area contributed by atoms with Crippen molar-refractivity contribution in [1.29, 1.82) is 0 Å². The maximum Gasteiger partial charge on any atom is 0.290 e. The molecule has 1 fully saturated rings. The molecule has 2 aromatic heterocycles. The molecule has 0 bridgehead atoms. The van der Waals surface area contributed by atoms with Crippen molar-refractivity contribution in [3.8, 4) is 5.75 Å². The Morgan fingerprint density at radius 2 is 2.30 bits per heavy atom. The van der Waals surface area contributed by atoms with Crippen LogP contribution in [0.2, 0.25) is 0 Å². The van der Waals surface area contributed by atoms with E-state index >= 15 is 0 Å². The number of fused-ring (bicyclic) bond motifs is 1. The van der Waals surface area contributed by atoms with Gasteiger partial charge in [-0.3, -0.25) is 24.4 Å². The van der Waals surface area contributed by atoms with E-state index in [-0.39, 0.29) is 31.3 Å². The molecular formula is C18H20N6O5S. The predicted molar refractivity (Wildman–Crippen MR) is 108 cm³/mol. The first kappa shape index (κ1) is 21.2. The minimum absolute atomic E-state index is 0.0982. The summed E-state index contributed by atoms with van der Waals surface area (Å²) in [7, 11) is 0. The molecule has 2 amide bonds. The second kappa shape index (κ2) is 9.78. The Morgan fingerprint density at radius 3 is 3.00 bits per heavy atom. The van der Waals surface area contributed by atoms with Crippen molar-refractivity contribution in [2.45, 2.75) is 19.9 Å². The van der Waals surface area contributed by atoms with Crippen molar-refractivity contribution in [2.24, 2.45) is 5.92 Å². The quantitative estimate of drug-likeness (QED) is 0.491. The molecule has 0 saturated carbocycles. The first-order chi connectivity index (χ1) is 14.5. The normalized spacial score (nSPS) is 15.6. The topological polar surface area (TPSA) is 150 Å². The number of carbonyl (C=O) groups is 3. The molecule has 3 N–H and O–H groups in total. The average molecular weight is 432 g/mol. The lowest BCUT2D eigenvalue weighted by Gasteiger charge is -2.12. The third-order valence-electron chi connectivity index (χ3n) is 4.28. The number of amides is 2. The number of rotatable bonds is 6. The Balaban J connectivity index is 0.000000806. The lowest BCUT2D eigenvalue weighted by atomic mass is 10.1. The zero-order chi connectivity index (χ0) is 21.5. The van der Waals surface area contributed by atoms with Crippen LogP contribution in [0.15, 0.2) is 24.5 Å². The van der Waals surface area contributed by atoms with Crippen molar-refractivity contribution >= 4 is 45.0 Å². The summed E-state index contributed by atoms with van der Waals surface area (Å²) in [6, 6.07) is 5.66. The van der Waals surface area contributed by atoms with Gasteiger partial charge in [-0.1, -0.05) is 11.3 Å². The number of nitrogens with one attached hydrogen (secondary N) is 2. The van der Waals surface area contributed by atoms with Crippen LogP contribution in [0.4, 0.5) is 5.13 Å². The molecule has 1 aliphatic rings. The summed E-state index contributed by atoms with van der Waals surface area (Å²) in [4.78, 5) is 43.2. The SMILES string of the molecule is CCOc1ccc2nc(N3CC(C(=O)NCc4ncn[nH]4)CC3=O)sc2c1.O=CO. The summed E-state index contributed by atoms with van der Waals surface area (Å²) in [6.07, 6.45) is 1.55. The van der Waals surface area contributed by atoms with Crippen LogP contribution in [-0.4, -0.2) is 56.7 Å². The minimum Gasteiger partial charge on any atom is -0.494 e. The number of H-pyrrole nitrogens is 1. The number of carbonyl (C=O) groups excluding carboxylic acids is 2. The van der Waals surface area contributed by atoms with E-state index < -0.39 is 5.92 Å². The molecule has 3 aromatic rings. The highest BCUT2D eigenvalue weighted by Gasteiger charge is 2.36. The van der Waals surface area contributed by atoms with Crippen LogP contribution in [0.25, 0.3) is 10.2 Å². The number of nitrogens with zero attached hydrogens (tertiary/aromatic N) is 4. The van der Waals surface area contributed by atoms with Gasteiger partial charge >= 0.3 is 0 Å². The van der Waals surface area contributed by atoms with Gasteiger partial charge in [-0.2, -0.15) is 5.10 Å². The Labute approximate surface area is 175 Å². The van der Waals surface area contributed by atoms with Crippen LogP contribution < -0.4 is 15.0 Å². The van der Waals surface area contributed by atoms with E-state index in [9.17, 15) is 9.59 Å². The van der Waals surface area contributed by atoms with Crippen LogP contribution >= 0.6 is 11.3 Å². The maximum absolute atomic E-state index is 12.4. The van der Waals surface area contributed by atoms with Gasteiger partial charge in [0.1, 0.15) is 17.9 Å². The van der Waals surface area contributed by atoms with E-state index in [0.29, 0.717) is 24.1 Å². The van der Waals surface area contributed by atoms with E-state index in [1.165, 1.54) is 17.7 Å². The molecule has 158 valence electrons. The largest absolute Gasteiger partial charge is 0.494 e. The summed E-state index contributed by atoms with van der Waals surface area (Å²) < 4.78 is 6.46. The zero-order valence-corrected chi connectivity index (χ0v) is 16.9. The second-order valence-electron chi connectivity index (χ2n) is 6.22. The van der Waals surface area contributed by atoms with Crippen LogP contribution in [-0.2, 0) is 20.9 Å². The number of aromatic amines is 1. The van der Waals surface area contributed by atoms with Gasteiger partial charge < -0.3 is 15.2 Å². The van der Waals surface area contributed by atoms with Crippen molar-refractivity contribution in [2.75, 3.05) is 18.1 Å². The number of benzene rings is 1. The number of hydrogen-bond donors (Lipinski definition) is 3. The third kappa shape index (κ3) is 4.89. The standard InChI is InChI=1S/C17H18N6O3S.CH2O2/c1-2-26-11-3-4-12-13(6-11)27-17(21-12)23-8-10(5-15(23)24)16(25)18-7-14-19-9-20-22-14;2-1-3/h3-4,6,9-10H,2,5,7-8H2,1H3,(H,18,25)(H,19,20,22);1H,(H,2,3). The lowest BCUT2D eigenvalue weighted by Crippen LogP contribution is -2.32. The molecule has 1 atom stereocenters. The number of anilines is 1. The number of ether oxygens (including phenoxy) is 1. The molecule has 1 unspecified atom stereocenters. The number of carboxylic acid groups (broad SMARTS) is 1. The van der Waals surface area contributed by atoms with E-state index in [2.05, 4.69) is 25.5 Å². The maximum atomic E-state index is 12.4. The van der Waals surface area contributed by atoms with E-state index in [1.54, 1.807) is 4.90 Å². The second-order valence-corrected chi connectivity index (χ2v) is 7.23. The third-order valence-corrected chi connectivity index (χ3v) is 5.32. The molecule has 0 spiro atoms. The number of aromatic nitrogens is 4. The Bertz CT molecular complexity index is 1020. The molecule has 0 aliphatic carbocycles. The lowest BCUT2D eigenvalue weighted by molar-refractivity contribution is -0.126. The first-order valence-corrected chi connectivity index (χ1v) is 9.90. The van der Waals surface area contributed by atoms with E-state index in [0.717, 1.165) is 16.0 Å². The van der Waals surface area contributed by atoms with Crippen molar-refractivity contribution < 1.29 is 24.2 Å². The minimum atomic E-state index is -0.411. The molecule has 12 heteroatoms. The highest BCUT2D eigenvalue weighted by Crippen LogP contribution is 2.34. The van der Waals surface area contributed by atoms with Crippen LogP contribution in [0.3, 0.4) is 0 Å². The predicted octanol–water partition coefficient (Wildman–Crippen LogP) is 1.18. The molecule has 1 saturated heterocycles. The molecule has 1 aliphatic heterocycles. The van der Waals surface area contributed by atoms with Gasteiger partial charge in [-0.05, 0) is 25.1 Å². The smallest absolute Gasteiger partial charge is 0.290 e. The molecule has 4 rings (SSSR count). The Hall–Kier alpha value is -3.54. The molecular weight excluding hydrogens is 412 g/mol. The fraction of sp³-hybridized carbons (Fsp3) is 0.333. The highest BCUT2D eigenvalue weighted by atomic mass is 32.1. The summed E-state index contributed by atoms with van der Waals surface area (Å²) >= 11 is 1.42. The summed E-state index contributed by atoms with van der Waals surface area (Å²) in [5.74, 6) is 0.658. The fourth-order valence-electron chi connectivity index (χ4n) is 2.96. The summed E-state index contributed by atoms with van der Waals surface area (Å²) in [5, 5.41) is 16.7. The zero-order valence-electron chi connectivity index (χ0n) is 16.1. The number of hydrogen-bond acceptors (Lipinski definition) is 8. The van der Waals surface area contributed by atoms with Crippen LogP contribution in [0.1, 0.15) is 19.2 Å². The van der Waals surface area contributed by atoms with Crippen molar-refractivity contribution in [3.63, 3.8) is 0 Å². The van der Waals surface area contributed by atoms with Crippen molar-refractivity contribution in [1.82, 2.24) is 25.5 Å². The average Bonchev–Trinajstić information content (AvgIpc) is 3.46. The van der Waals surface area contributed by atoms with Gasteiger partial charge in [0.15, 0.2) is 5.13 Å². The van der Waals surface area contributed by atoms with Gasteiger partial charge in [-0.15, -0.1) is 0 Å². The highest BCUT2D eigenvalue weighted by molar-refractivity contribution is 7.22. The Morgan fingerprint density at radius 1 is 1.50 bits per heavy atom. The molecule has 11 nitrogen and oxygen atoms in total. The Kier molecular flexibility index (Phi) is 6.91. The molecule has 1 aromatic carbocycles. The van der Waals surface area contributed by atoms with E-state index in [1.807, 2.05) is 25.1 Å². The summed E-state index contributed by atoms with van der Waals surface area (Å²) in [6.45, 7) is 2.84. The van der Waals surface area contributed by atoms with Gasteiger partial charge in [0, 0.05) is 13.0 Å². The van der Waals surface area contributed by atoms with Gasteiger partial charge in [0.2, 0.25) is 11.8 Å². The summed E-state index contributed by atoms with van der Waals surface area (Å²) in [5.41, 5.74) is 0.810. The van der Waals surface area contributed by atoms with Gasteiger partial charge in [0.05, 0.1) is 29.3 Å². The first-order valence-electron chi connectivity index (χ1n) is 9.09. The molecule has 3 heterocycles. The molecule has 30 heavy (non-hydrogen) atoms. The van der Waals surface area contributed by atoms with E-state index in [4.69, 9.17) is 14.6 Å². The van der Waals surface area contributed by atoms with Gasteiger partial charge in [0.25, 0.3) is 6.47 Å². The molecule has 0 radical (unpaired) electrons. The van der Waals surface area contributed by atoms with Crippen LogP contribution in [0, 0.1) is 5.92 Å².